The first-order valence-corrected chi connectivity index (χ1v) is 9.89. The molecule has 5 atom stereocenters. The Morgan fingerprint density at radius 1 is 0.933 bits per heavy atom. The number of methoxy groups -OCH3 is 1. The minimum Gasteiger partial charge on any atom is -0.463 e. The van der Waals surface area contributed by atoms with Crippen LogP contribution in [0.4, 0.5) is 0 Å². The highest BCUT2D eigenvalue weighted by atomic mass is 16.7. The van der Waals surface area contributed by atoms with Crippen LogP contribution in [0.5, 0.6) is 0 Å². The Balaban J connectivity index is 1.75. The fourth-order valence-corrected chi connectivity index (χ4v) is 3.32. The van der Waals surface area contributed by atoms with Gasteiger partial charge < -0.3 is 28.8 Å². The second-order valence-electron chi connectivity index (χ2n) is 7.09. The molecule has 1 saturated heterocycles. The van der Waals surface area contributed by atoms with Crippen LogP contribution in [0.3, 0.4) is 0 Å². The third kappa shape index (κ3) is 6.10. The quantitative estimate of drug-likeness (QED) is 0.629. The van der Waals surface area contributed by atoms with Crippen molar-refractivity contribution in [1.29, 1.82) is 0 Å². The van der Waals surface area contributed by atoms with E-state index < -0.39 is 36.7 Å². The average molecular weight is 416 g/mol. The summed E-state index contributed by atoms with van der Waals surface area (Å²) in [6.07, 6.45) is -4.08. The summed E-state index contributed by atoms with van der Waals surface area (Å²) in [5.41, 5.74) is 1.94. The van der Waals surface area contributed by atoms with E-state index in [1.54, 1.807) is 0 Å². The van der Waals surface area contributed by atoms with Crippen molar-refractivity contribution >= 4 is 5.97 Å². The van der Waals surface area contributed by atoms with Gasteiger partial charge in [0.15, 0.2) is 6.29 Å². The highest BCUT2D eigenvalue weighted by Gasteiger charge is 2.47. The molecule has 162 valence electrons. The Morgan fingerprint density at radius 3 is 1.97 bits per heavy atom. The van der Waals surface area contributed by atoms with Gasteiger partial charge in [-0.15, -0.1) is 0 Å². The second kappa shape index (κ2) is 11.2. The van der Waals surface area contributed by atoms with Gasteiger partial charge in [0.1, 0.15) is 31.0 Å². The van der Waals surface area contributed by atoms with Crippen LogP contribution in [-0.2, 0) is 41.7 Å². The topological polar surface area (TPSA) is 83.5 Å². The molecule has 0 radical (unpaired) electrons. The molecule has 2 aromatic carbocycles. The zero-order valence-corrected chi connectivity index (χ0v) is 17.2. The number of esters is 1. The molecule has 0 aliphatic carbocycles. The lowest BCUT2D eigenvalue weighted by Gasteiger charge is -2.43. The monoisotopic (exact) mass is 416 g/mol. The molecule has 30 heavy (non-hydrogen) atoms. The van der Waals surface area contributed by atoms with Crippen LogP contribution in [-0.4, -0.2) is 55.5 Å². The van der Waals surface area contributed by atoms with Crippen LogP contribution < -0.4 is 0 Å². The van der Waals surface area contributed by atoms with Crippen molar-refractivity contribution in [2.45, 2.75) is 50.8 Å². The van der Waals surface area contributed by atoms with Crippen molar-refractivity contribution in [3.05, 3.63) is 71.8 Å². The van der Waals surface area contributed by atoms with Gasteiger partial charge in [-0.05, 0) is 11.1 Å². The minimum absolute atomic E-state index is 0.104. The van der Waals surface area contributed by atoms with Gasteiger partial charge in [-0.1, -0.05) is 60.7 Å². The van der Waals surface area contributed by atoms with Gasteiger partial charge in [-0.3, -0.25) is 4.79 Å². The molecule has 0 aromatic heterocycles. The van der Waals surface area contributed by atoms with Crippen LogP contribution in [0.1, 0.15) is 18.1 Å². The zero-order chi connectivity index (χ0) is 21.3. The van der Waals surface area contributed by atoms with E-state index in [-0.39, 0.29) is 13.2 Å². The van der Waals surface area contributed by atoms with Gasteiger partial charge in [0, 0.05) is 14.0 Å². The summed E-state index contributed by atoms with van der Waals surface area (Å²) in [6, 6.07) is 19.3. The van der Waals surface area contributed by atoms with Crippen LogP contribution in [0, 0.1) is 0 Å². The molecule has 3 rings (SSSR count). The molecule has 0 spiro atoms. The lowest BCUT2D eigenvalue weighted by atomic mass is 9.98. The van der Waals surface area contributed by atoms with Crippen molar-refractivity contribution in [1.82, 2.24) is 0 Å². The van der Waals surface area contributed by atoms with E-state index in [4.69, 9.17) is 23.7 Å². The highest BCUT2D eigenvalue weighted by molar-refractivity contribution is 5.65. The SMILES string of the molecule is CO[C@@H]1O[C@H](COC(C)=O)[C@H](O)[C@H](OCc2ccccc2)[C@H]1OCc1ccccc1. The third-order valence-electron chi connectivity index (χ3n) is 4.87. The average Bonchev–Trinajstić information content (AvgIpc) is 2.77. The smallest absolute Gasteiger partial charge is 0.302 e. The molecular formula is C23H28O7. The molecular weight excluding hydrogens is 388 g/mol. The Morgan fingerprint density at radius 2 is 1.47 bits per heavy atom. The van der Waals surface area contributed by atoms with E-state index >= 15 is 0 Å². The van der Waals surface area contributed by atoms with Gasteiger partial charge >= 0.3 is 5.97 Å². The normalized spacial score (nSPS) is 26.3. The van der Waals surface area contributed by atoms with Gasteiger partial charge in [0.2, 0.25) is 0 Å². The van der Waals surface area contributed by atoms with E-state index in [0.29, 0.717) is 6.61 Å². The van der Waals surface area contributed by atoms with Crippen molar-refractivity contribution in [3.8, 4) is 0 Å². The maximum atomic E-state index is 11.2. The summed E-state index contributed by atoms with van der Waals surface area (Å²) in [7, 11) is 1.50. The highest BCUT2D eigenvalue weighted by Crippen LogP contribution is 2.28. The van der Waals surface area contributed by atoms with Crippen molar-refractivity contribution < 1.29 is 33.6 Å². The Labute approximate surface area is 176 Å². The third-order valence-corrected chi connectivity index (χ3v) is 4.87. The van der Waals surface area contributed by atoms with E-state index in [1.165, 1.54) is 14.0 Å². The molecule has 7 nitrogen and oxygen atoms in total. The number of aliphatic hydroxyl groups excluding tert-OH is 1. The first-order valence-electron chi connectivity index (χ1n) is 9.89. The molecule has 1 N–H and O–H groups in total. The van der Waals surface area contributed by atoms with Gasteiger partial charge in [-0.25, -0.2) is 0 Å². The van der Waals surface area contributed by atoms with E-state index in [0.717, 1.165) is 11.1 Å². The number of carbonyl (C=O) groups excluding carboxylic acids is 1. The van der Waals surface area contributed by atoms with Crippen molar-refractivity contribution in [2.75, 3.05) is 13.7 Å². The first kappa shape index (κ1) is 22.4. The molecule has 0 unspecified atom stereocenters. The van der Waals surface area contributed by atoms with Gasteiger partial charge in [0.05, 0.1) is 13.2 Å². The lowest BCUT2D eigenvalue weighted by molar-refractivity contribution is -0.314. The Bertz CT molecular complexity index is 768. The largest absolute Gasteiger partial charge is 0.463 e. The molecule has 0 amide bonds. The maximum absolute atomic E-state index is 11.2. The summed E-state index contributed by atoms with van der Waals surface area (Å²) >= 11 is 0. The predicted octanol–water partition coefficient (Wildman–Crippen LogP) is 2.45. The maximum Gasteiger partial charge on any atom is 0.302 e. The van der Waals surface area contributed by atoms with Crippen LogP contribution in [0.25, 0.3) is 0 Å². The molecule has 2 aromatic rings. The first-order chi connectivity index (χ1) is 14.6. The number of aliphatic hydroxyl groups is 1. The lowest BCUT2D eigenvalue weighted by Crippen LogP contribution is -2.60. The molecule has 1 fully saturated rings. The molecule has 7 heteroatoms. The standard InChI is InChI=1S/C23H28O7/c1-16(24)27-15-19-20(25)21(28-13-17-9-5-3-6-10-17)22(23(26-2)30-19)29-14-18-11-7-4-8-12-18/h3-12,19-23,25H,13-15H2,1-2H3/t19-,20+,21+,22-,23-/m1/s1. The van der Waals surface area contributed by atoms with E-state index in [1.807, 2.05) is 60.7 Å². The van der Waals surface area contributed by atoms with E-state index in [2.05, 4.69) is 0 Å². The number of benzene rings is 2. The van der Waals surface area contributed by atoms with Gasteiger partial charge in [-0.2, -0.15) is 0 Å². The number of rotatable bonds is 9. The molecule has 0 saturated carbocycles. The number of carbonyl (C=O) groups is 1. The fourth-order valence-electron chi connectivity index (χ4n) is 3.32. The second-order valence-corrected chi connectivity index (χ2v) is 7.09. The van der Waals surface area contributed by atoms with Crippen LogP contribution >= 0.6 is 0 Å². The number of hydrogen-bond acceptors (Lipinski definition) is 7. The molecule has 1 heterocycles. The van der Waals surface area contributed by atoms with Crippen molar-refractivity contribution in [3.63, 3.8) is 0 Å². The number of hydrogen-bond donors (Lipinski definition) is 1. The van der Waals surface area contributed by atoms with Crippen molar-refractivity contribution in [2.24, 2.45) is 0 Å². The van der Waals surface area contributed by atoms with Crippen LogP contribution in [0.15, 0.2) is 60.7 Å². The molecule has 1 aliphatic rings. The summed E-state index contributed by atoms with van der Waals surface area (Å²) in [6.45, 7) is 1.79. The summed E-state index contributed by atoms with van der Waals surface area (Å²) in [4.78, 5) is 11.2. The fraction of sp³-hybridized carbons (Fsp3) is 0.435. The predicted molar refractivity (Wildman–Crippen MR) is 108 cm³/mol. The van der Waals surface area contributed by atoms with E-state index in [9.17, 15) is 9.90 Å². The Hall–Kier alpha value is -2.29. The molecule has 1 aliphatic heterocycles. The van der Waals surface area contributed by atoms with Gasteiger partial charge in [0.25, 0.3) is 0 Å². The molecule has 0 bridgehead atoms. The summed E-state index contributed by atoms with van der Waals surface area (Å²) in [5.74, 6) is -0.455. The zero-order valence-electron chi connectivity index (χ0n) is 17.2. The minimum atomic E-state index is -1.07. The summed E-state index contributed by atoms with van der Waals surface area (Å²) in [5, 5.41) is 10.9. The summed E-state index contributed by atoms with van der Waals surface area (Å²) < 4.78 is 28.5. The van der Waals surface area contributed by atoms with Crippen LogP contribution in [0.2, 0.25) is 0 Å². The Kier molecular flexibility index (Phi) is 8.36. The number of ether oxygens (including phenoxy) is 5.